The number of aliphatic hydroxyl groups is 1. The lowest BCUT2D eigenvalue weighted by molar-refractivity contribution is 0.281. The lowest BCUT2D eigenvalue weighted by atomic mass is 9.98. The molecular weight excluding hydrogens is 186 g/mol. The monoisotopic (exact) mass is 207 g/mol. The maximum atomic E-state index is 8.69. The molecule has 0 radical (unpaired) electrons. The Morgan fingerprint density at radius 2 is 1.93 bits per heavy atom. The Labute approximate surface area is 92.1 Å². The fourth-order valence-electron chi connectivity index (χ4n) is 1.64. The maximum absolute atomic E-state index is 8.69. The van der Waals surface area contributed by atoms with Gasteiger partial charge in [-0.25, -0.2) is 0 Å². The summed E-state index contributed by atoms with van der Waals surface area (Å²) >= 11 is 0. The van der Waals surface area contributed by atoms with E-state index in [0.717, 1.165) is 19.3 Å². The minimum atomic E-state index is 0.107. The smallest absolute Gasteiger partial charge is 0.0431 e. The highest BCUT2D eigenvalue weighted by molar-refractivity contribution is 5.31. The molecule has 0 bridgehead atoms. The van der Waals surface area contributed by atoms with Crippen LogP contribution in [0.1, 0.15) is 42.0 Å². The molecule has 0 aromatic heterocycles. The van der Waals surface area contributed by atoms with Crippen molar-refractivity contribution in [1.29, 1.82) is 0 Å². The third-order valence-electron chi connectivity index (χ3n) is 2.88. The molecule has 84 valence electrons. The Morgan fingerprint density at radius 3 is 2.53 bits per heavy atom. The second-order valence-electron chi connectivity index (χ2n) is 4.17. The van der Waals surface area contributed by atoms with Crippen molar-refractivity contribution in [1.82, 2.24) is 0 Å². The van der Waals surface area contributed by atoms with Gasteiger partial charge in [-0.1, -0.05) is 18.2 Å². The largest absolute Gasteiger partial charge is 0.396 e. The van der Waals surface area contributed by atoms with Crippen LogP contribution in [-0.2, 0) is 0 Å². The van der Waals surface area contributed by atoms with Crippen molar-refractivity contribution in [2.24, 2.45) is 5.73 Å². The number of unbranched alkanes of at least 4 members (excludes halogenated alkanes) is 1. The highest BCUT2D eigenvalue weighted by Crippen LogP contribution is 2.19. The Bertz CT molecular complexity index is 309. The molecular formula is C13H21NO. The van der Waals surface area contributed by atoms with E-state index in [0.29, 0.717) is 0 Å². The highest BCUT2D eigenvalue weighted by Gasteiger charge is 2.06. The second kappa shape index (κ2) is 5.89. The molecule has 15 heavy (non-hydrogen) atoms. The molecule has 0 aliphatic heterocycles. The zero-order valence-electron chi connectivity index (χ0n) is 9.66. The number of hydrogen-bond acceptors (Lipinski definition) is 2. The van der Waals surface area contributed by atoms with Gasteiger partial charge in [-0.3, -0.25) is 0 Å². The van der Waals surface area contributed by atoms with Gasteiger partial charge in [0.15, 0.2) is 0 Å². The van der Waals surface area contributed by atoms with Crippen molar-refractivity contribution >= 4 is 0 Å². The van der Waals surface area contributed by atoms with E-state index in [1.807, 2.05) is 0 Å². The van der Waals surface area contributed by atoms with Crippen LogP contribution >= 0.6 is 0 Å². The standard InChI is InChI=1S/C13H21NO/c1-10-6-7-12(9-11(10)2)13(14)5-3-4-8-15/h6-7,9,13,15H,3-5,8,14H2,1-2H3. The van der Waals surface area contributed by atoms with Crippen molar-refractivity contribution in [3.05, 3.63) is 34.9 Å². The molecule has 2 nitrogen and oxygen atoms in total. The third-order valence-corrected chi connectivity index (χ3v) is 2.88. The average molecular weight is 207 g/mol. The summed E-state index contributed by atoms with van der Waals surface area (Å²) in [6.07, 6.45) is 2.78. The summed E-state index contributed by atoms with van der Waals surface area (Å²) in [4.78, 5) is 0. The molecule has 0 amide bonds. The summed E-state index contributed by atoms with van der Waals surface area (Å²) in [5.41, 5.74) is 9.88. The van der Waals surface area contributed by atoms with Crippen molar-refractivity contribution < 1.29 is 5.11 Å². The van der Waals surface area contributed by atoms with Crippen molar-refractivity contribution in [3.8, 4) is 0 Å². The zero-order chi connectivity index (χ0) is 11.3. The first kappa shape index (κ1) is 12.2. The highest BCUT2D eigenvalue weighted by atomic mass is 16.2. The molecule has 1 aromatic carbocycles. The summed E-state index contributed by atoms with van der Waals surface area (Å²) in [5, 5.41) is 8.69. The zero-order valence-corrected chi connectivity index (χ0v) is 9.66. The molecule has 0 aliphatic carbocycles. The van der Waals surface area contributed by atoms with Gasteiger partial charge in [-0.2, -0.15) is 0 Å². The maximum Gasteiger partial charge on any atom is 0.0431 e. The minimum Gasteiger partial charge on any atom is -0.396 e. The van der Waals surface area contributed by atoms with Gasteiger partial charge in [0.05, 0.1) is 0 Å². The van der Waals surface area contributed by atoms with E-state index in [9.17, 15) is 0 Å². The van der Waals surface area contributed by atoms with Crippen LogP contribution in [0, 0.1) is 13.8 Å². The SMILES string of the molecule is Cc1ccc(C(N)CCCCO)cc1C. The summed E-state index contributed by atoms with van der Waals surface area (Å²) < 4.78 is 0. The molecule has 1 rings (SSSR count). The van der Waals surface area contributed by atoms with Crippen LogP contribution in [0.15, 0.2) is 18.2 Å². The molecule has 0 spiro atoms. The summed E-state index contributed by atoms with van der Waals surface area (Å²) in [6, 6.07) is 6.50. The number of aryl methyl sites for hydroxylation is 2. The topological polar surface area (TPSA) is 46.2 Å². The van der Waals surface area contributed by atoms with Crippen LogP contribution < -0.4 is 5.73 Å². The van der Waals surface area contributed by atoms with Gasteiger partial charge < -0.3 is 10.8 Å². The van der Waals surface area contributed by atoms with E-state index >= 15 is 0 Å². The van der Waals surface area contributed by atoms with Crippen LogP contribution in [0.25, 0.3) is 0 Å². The first-order valence-electron chi connectivity index (χ1n) is 5.58. The van der Waals surface area contributed by atoms with Gasteiger partial charge in [0.25, 0.3) is 0 Å². The van der Waals surface area contributed by atoms with E-state index in [1.165, 1.54) is 16.7 Å². The summed E-state index contributed by atoms with van der Waals surface area (Å²) in [7, 11) is 0. The Hall–Kier alpha value is -0.860. The normalized spacial score (nSPS) is 12.8. The number of nitrogens with two attached hydrogens (primary N) is 1. The molecule has 0 saturated carbocycles. The van der Waals surface area contributed by atoms with E-state index in [2.05, 4.69) is 32.0 Å². The number of aliphatic hydroxyl groups excluding tert-OH is 1. The molecule has 1 aromatic rings. The molecule has 0 saturated heterocycles. The van der Waals surface area contributed by atoms with Crippen LogP contribution in [0.2, 0.25) is 0 Å². The van der Waals surface area contributed by atoms with Gasteiger partial charge in [0, 0.05) is 12.6 Å². The van der Waals surface area contributed by atoms with Gasteiger partial charge in [0.2, 0.25) is 0 Å². The summed E-state index contributed by atoms with van der Waals surface area (Å²) in [6.45, 7) is 4.48. The van der Waals surface area contributed by atoms with Crippen LogP contribution in [0.5, 0.6) is 0 Å². The van der Waals surface area contributed by atoms with Gasteiger partial charge in [0.1, 0.15) is 0 Å². The van der Waals surface area contributed by atoms with Crippen LogP contribution in [-0.4, -0.2) is 11.7 Å². The van der Waals surface area contributed by atoms with Crippen molar-refractivity contribution in [2.45, 2.75) is 39.2 Å². The van der Waals surface area contributed by atoms with Crippen LogP contribution in [0.3, 0.4) is 0 Å². The van der Waals surface area contributed by atoms with E-state index in [1.54, 1.807) is 0 Å². The van der Waals surface area contributed by atoms with E-state index in [-0.39, 0.29) is 12.6 Å². The molecule has 0 aliphatic rings. The number of rotatable bonds is 5. The molecule has 1 atom stereocenters. The lowest BCUT2D eigenvalue weighted by Crippen LogP contribution is -2.10. The van der Waals surface area contributed by atoms with Gasteiger partial charge >= 0.3 is 0 Å². The molecule has 1 unspecified atom stereocenters. The molecule has 0 heterocycles. The van der Waals surface area contributed by atoms with E-state index in [4.69, 9.17) is 10.8 Å². The van der Waals surface area contributed by atoms with E-state index < -0.39 is 0 Å². The number of hydrogen-bond donors (Lipinski definition) is 2. The van der Waals surface area contributed by atoms with Crippen LogP contribution in [0.4, 0.5) is 0 Å². The minimum absolute atomic E-state index is 0.107. The lowest BCUT2D eigenvalue weighted by Gasteiger charge is -2.13. The number of benzene rings is 1. The summed E-state index contributed by atoms with van der Waals surface area (Å²) in [5.74, 6) is 0. The fourth-order valence-corrected chi connectivity index (χ4v) is 1.64. The molecule has 0 fully saturated rings. The Kier molecular flexibility index (Phi) is 4.79. The fraction of sp³-hybridized carbons (Fsp3) is 0.538. The van der Waals surface area contributed by atoms with Crippen molar-refractivity contribution in [2.75, 3.05) is 6.61 Å². The predicted octanol–water partition coefficient (Wildman–Crippen LogP) is 2.47. The van der Waals surface area contributed by atoms with Gasteiger partial charge in [-0.05, 0) is 49.8 Å². The second-order valence-corrected chi connectivity index (χ2v) is 4.17. The van der Waals surface area contributed by atoms with Gasteiger partial charge in [-0.15, -0.1) is 0 Å². The quantitative estimate of drug-likeness (QED) is 0.729. The van der Waals surface area contributed by atoms with Crippen molar-refractivity contribution in [3.63, 3.8) is 0 Å². The Morgan fingerprint density at radius 1 is 1.20 bits per heavy atom. The Balaban J connectivity index is 2.57. The third kappa shape index (κ3) is 3.65. The first-order chi connectivity index (χ1) is 7.15. The first-order valence-corrected chi connectivity index (χ1v) is 5.58. The average Bonchev–Trinajstić information content (AvgIpc) is 2.22. The molecule has 2 heteroatoms. The molecule has 3 N–H and O–H groups in total. The predicted molar refractivity (Wildman–Crippen MR) is 63.8 cm³/mol.